The van der Waals surface area contributed by atoms with Gasteiger partial charge in [0.2, 0.25) is 0 Å². The predicted octanol–water partition coefficient (Wildman–Crippen LogP) is 1.58. The first-order valence-electron chi connectivity index (χ1n) is 23.9. The third kappa shape index (κ3) is 16.3. The zero-order valence-electron chi connectivity index (χ0n) is 43.8. The highest BCUT2D eigenvalue weighted by Gasteiger charge is 2.57. The van der Waals surface area contributed by atoms with Crippen molar-refractivity contribution in [3.05, 3.63) is 0 Å². The Morgan fingerprint density at radius 1 is 0.700 bits per heavy atom. The zero-order valence-corrected chi connectivity index (χ0v) is 43.8. The molecule has 4 rings (SSSR count). The quantitative estimate of drug-likeness (QED) is 0.125. The van der Waals surface area contributed by atoms with E-state index in [4.69, 9.17) is 48.4 Å². The van der Waals surface area contributed by atoms with Crippen molar-refractivity contribution in [2.75, 3.05) is 26.7 Å². The number of alkyl carbamates (subject to hydrolysis) is 3. The average molecular weight is 1010 g/mol. The molecule has 10 N–H and O–H groups in total. The van der Waals surface area contributed by atoms with Crippen molar-refractivity contribution >= 4 is 30.3 Å². The van der Waals surface area contributed by atoms with Crippen LogP contribution in [0.1, 0.15) is 123 Å². The van der Waals surface area contributed by atoms with Crippen molar-refractivity contribution in [3.63, 3.8) is 0 Å². The number of nitrogens with two attached hydrogens (primary N) is 1. The molecule has 0 unspecified atom stereocenters. The van der Waals surface area contributed by atoms with E-state index >= 15 is 0 Å². The molecule has 0 radical (unpaired) electrons. The van der Waals surface area contributed by atoms with Crippen LogP contribution in [0.5, 0.6) is 0 Å². The van der Waals surface area contributed by atoms with Crippen molar-refractivity contribution in [2.45, 2.75) is 236 Å². The molecule has 0 aromatic rings. The molecule has 24 heteroatoms. The Labute approximate surface area is 411 Å². The molecule has 1 saturated carbocycles. The van der Waals surface area contributed by atoms with Gasteiger partial charge in [-0.15, -0.1) is 0 Å². The van der Waals surface area contributed by atoms with Gasteiger partial charge in [0.15, 0.2) is 18.7 Å². The molecule has 24 nitrogen and oxygen atoms in total. The van der Waals surface area contributed by atoms with Crippen LogP contribution in [0.2, 0.25) is 0 Å². The number of hydrogen-bond donors (Lipinski definition) is 9. The van der Waals surface area contributed by atoms with Crippen LogP contribution in [-0.2, 0) is 47.4 Å². The number of nitrogens with one attached hydrogen (secondary N) is 5. The minimum absolute atomic E-state index is 0.0386. The molecule has 0 bridgehead atoms. The van der Waals surface area contributed by atoms with Gasteiger partial charge in [-0.1, -0.05) is 0 Å². The van der Waals surface area contributed by atoms with Crippen molar-refractivity contribution in [1.29, 1.82) is 0 Å². The smallest absolute Gasteiger partial charge is 0.412 e. The summed E-state index contributed by atoms with van der Waals surface area (Å²) in [6.45, 7) is 24.3. The molecule has 5 amide bonds. The number of rotatable bonds is 12. The van der Waals surface area contributed by atoms with E-state index in [1.54, 1.807) is 96.9 Å². The fourth-order valence-electron chi connectivity index (χ4n) is 8.78. The third-order valence-corrected chi connectivity index (χ3v) is 11.5. The normalized spacial score (nSPS) is 33.9. The first-order chi connectivity index (χ1) is 31.9. The van der Waals surface area contributed by atoms with Crippen LogP contribution in [0.3, 0.4) is 0 Å². The topological polar surface area (TPSA) is 319 Å². The van der Waals surface area contributed by atoms with Crippen molar-refractivity contribution < 1.29 is 81.9 Å². The van der Waals surface area contributed by atoms with Crippen LogP contribution in [0.4, 0.5) is 19.2 Å². The summed E-state index contributed by atoms with van der Waals surface area (Å²) < 4.78 is 53.8. The lowest BCUT2D eigenvalue weighted by Crippen LogP contribution is -2.70. The Balaban J connectivity index is 1.78. The molecule has 404 valence electrons. The lowest BCUT2D eigenvalue weighted by molar-refractivity contribution is -0.309. The predicted molar refractivity (Wildman–Crippen MR) is 250 cm³/mol. The van der Waals surface area contributed by atoms with Gasteiger partial charge in [-0.2, -0.15) is 0 Å². The molecule has 0 aromatic heterocycles. The van der Waals surface area contributed by atoms with Gasteiger partial charge in [-0.3, -0.25) is 9.69 Å². The van der Waals surface area contributed by atoms with Gasteiger partial charge in [0, 0.05) is 13.1 Å². The summed E-state index contributed by atoms with van der Waals surface area (Å²) in [4.78, 5) is 69.0. The van der Waals surface area contributed by atoms with Crippen LogP contribution < -0.4 is 32.3 Å². The van der Waals surface area contributed by atoms with E-state index in [0.717, 1.165) is 0 Å². The highest BCUT2D eigenvalue weighted by Crippen LogP contribution is 2.37. The molecule has 1 aliphatic carbocycles. The van der Waals surface area contributed by atoms with Crippen molar-refractivity contribution in [3.8, 4) is 0 Å². The fraction of sp³-hybridized carbons (Fsp3) is 0.891. The summed E-state index contributed by atoms with van der Waals surface area (Å²) in [5.74, 6) is -0.783. The summed E-state index contributed by atoms with van der Waals surface area (Å²) in [5.41, 5.74) is -0.285. The molecule has 70 heavy (non-hydrogen) atoms. The van der Waals surface area contributed by atoms with Crippen LogP contribution >= 0.6 is 0 Å². The molecule has 14 atom stereocenters. The number of aliphatic hydroxyl groups excluding tert-OH is 2. The Morgan fingerprint density at radius 3 is 1.71 bits per heavy atom. The van der Waals surface area contributed by atoms with Crippen molar-refractivity contribution in [2.24, 2.45) is 5.73 Å². The van der Waals surface area contributed by atoms with E-state index in [9.17, 15) is 39.3 Å². The number of amides is 5. The Bertz CT molecular complexity index is 1810. The lowest BCUT2D eigenvalue weighted by atomic mass is 9.82. The third-order valence-electron chi connectivity index (χ3n) is 11.5. The fourth-order valence-corrected chi connectivity index (χ4v) is 8.78. The van der Waals surface area contributed by atoms with Gasteiger partial charge >= 0.3 is 24.4 Å². The van der Waals surface area contributed by atoms with Gasteiger partial charge in [0.25, 0.3) is 5.91 Å². The maximum absolute atomic E-state index is 14.6. The molecular weight excluding hydrogens is 923 g/mol. The van der Waals surface area contributed by atoms with Crippen LogP contribution in [0.25, 0.3) is 0 Å². The minimum atomic E-state index is -1.83. The average Bonchev–Trinajstić information content (AvgIpc) is 3.46. The molecule has 3 aliphatic heterocycles. The van der Waals surface area contributed by atoms with Crippen molar-refractivity contribution in [1.82, 2.24) is 31.5 Å². The highest BCUT2D eigenvalue weighted by atomic mass is 16.7. The largest absolute Gasteiger partial charge is 0.444 e. The zero-order chi connectivity index (χ0) is 53.1. The van der Waals surface area contributed by atoms with E-state index in [-0.39, 0.29) is 32.5 Å². The van der Waals surface area contributed by atoms with Gasteiger partial charge in [-0.25, -0.2) is 19.2 Å². The lowest BCUT2D eigenvalue weighted by Gasteiger charge is -2.49. The van der Waals surface area contributed by atoms with E-state index in [1.807, 2.05) is 0 Å². The summed E-state index contributed by atoms with van der Waals surface area (Å²) in [7, 11) is 1.53. The monoisotopic (exact) mass is 1010 g/mol. The summed E-state index contributed by atoms with van der Waals surface area (Å²) in [6, 6.07) is -5.45. The van der Waals surface area contributed by atoms with Gasteiger partial charge in [0.05, 0.1) is 42.9 Å². The Kier molecular flexibility index (Phi) is 18.9. The SMILES string of the molecule is CN[C@@H]1[C@@H](O)[C@@H](O[C@@H]2[C@@H](O)[C@H](O[C@H]3O[C@H](CNC(=O)OC(C)(C)C)CC[C@H]3NC(=O)OC(C)(C)C)[C@@H](NC(=O)OC(C)(C)C)C[C@H]2NC(=O)[C@H]2OC(C)(C)N(C(=O)OC(C)(C)C)[C@@H]2CN)OC[C@]1(C)O. The number of carbonyl (C=O) groups is 5. The number of ether oxygens (including phenoxy) is 9. The summed E-state index contributed by atoms with van der Waals surface area (Å²) in [5, 5.41) is 49.3. The van der Waals surface area contributed by atoms with Crippen LogP contribution in [0, 0.1) is 0 Å². The number of aliphatic hydroxyl groups is 3. The first-order valence-corrected chi connectivity index (χ1v) is 23.9. The molecular formula is C46H83N7O17. The second kappa shape index (κ2) is 22.5. The number of likely N-dealkylation sites (N-methyl/N-ethyl adjacent to an activating group) is 1. The van der Waals surface area contributed by atoms with E-state index in [2.05, 4.69) is 26.6 Å². The van der Waals surface area contributed by atoms with Crippen LogP contribution in [0.15, 0.2) is 0 Å². The second-order valence-corrected chi connectivity index (χ2v) is 23.1. The maximum Gasteiger partial charge on any atom is 0.412 e. The molecule has 0 spiro atoms. The minimum Gasteiger partial charge on any atom is -0.444 e. The summed E-state index contributed by atoms with van der Waals surface area (Å²) in [6.07, 6.45) is -14.3. The number of nitrogens with zero attached hydrogens (tertiary/aromatic N) is 1. The number of carbonyl (C=O) groups excluding carboxylic acids is 5. The maximum atomic E-state index is 14.6. The standard InChI is InChI=1S/C46H83N7O17/c1-41(2,3)67-37(57)49-21-23-17-18-24(51-38(58)68-42(4,5)6)35(63-23)64-31-26(52-39(59)69-43(7,8)9)19-25(30(28(31)54)65-36-29(55)33(48-16)46(15,61)22-62-36)50-34(56)32-27(20-47)53(45(13,14)66-32)40(60)70-44(10,11)12/h23-33,35-36,48,54-55,61H,17-22,47H2,1-16H3,(H,49,57)(H,50,56)(H,51,58)(H,52,59)/t23-,24+,25+,26-,27+,28+,29+,30-,31+,32-,33+,35+,36+,46-/m0/s1. The Morgan fingerprint density at radius 2 is 1.20 bits per heavy atom. The van der Waals surface area contributed by atoms with E-state index in [1.165, 1.54) is 18.9 Å². The molecule has 3 saturated heterocycles. The highest BCUT2D eigenvalue weighted by molar-refractivity contribution is 5.84. The van der Waals surface area contributed by atoms with E-state index < -0.39 is 143 Å². The van der Waals surface area contributed by atoms with Gasteiger partial charge < -0.3 is 90.3 Å². The molecule has 0 aromatic carbocycles. The van der Waals surface area contributed by atoms with Gasteiger partial charge in [0.1, 0.15) is 58.1 Å². The Hall–Kier alpha value is -3.85. The molecule has 4 aliphatic rings. The molecule has 3 heterocycles. The number of hydrogen-bond acceptors (Lipinski definition) is 19. The van der Waals surface area contributed by atoms with Gasteiger partial charge in [-0.05, 0) is 130 Å². The molecule has 4 fully saturated rings. The van der Waals surface area contributed by atoms with E-state index in [0.29, 0.717) is 6.42 Å². The summed E-state index contributed by atoms with van der Waals surface area (Å²) >= 11 is 0. The van der Waals surface area contributed by atoms with Crippen LogP contribution in [-0.4, -0.2) is 190 Å². The first kappa shape index (κ1) is 58.7. The second-order valence-electron chi connectivity index (χ2n) is 23.1.